The summed E-state index contributed by atoms with van der Waals surface area (Å²) < 4.78 is 4.92. The van der Waals surface area contributed by atoms with Gasteiger partial charge < -0.3 is 10.1 Å². The third kappa shape index (κ3) is 4.68. The summed E-state index contributed by atoms with van der Waals surface area (Å²) in [5, 5.41) is 11.1. The molecular formula is C19H18N2O3. The van der Waals surface area contributed by atoms with Gasteiger partial charge in [0.15, 0.2) is 0 Å². The number of esters is 1. The number of amides is 1. The molecule has 1 amide bonds. The Bertz CT molecular complexity index is 733. The van der Waals surface area contributed by atoms with Crippen molar-refractivity contribution >= 4 is 17.6 Å². The highest BCUT2D eigenvalue weighted by molar-refractivity contribution is 5.92. The number of carbonyl (C=O) groups is 2. The van der Waals surface area contributed by atoms with Gasteiger partial charge in [-0.1, -0.05) is 42.5 Å². The summed E-state index contributed by atoms with van der Waals surface area (Å²) in [6, 6.07) is 18.5. The minimum absolute atomic E-state index is 0.180. The van der Waals surface area contributed by atoms with Gasteiger partial charge in [0.05, 0.1) is 19.1 Å². The molecule has 0 saturated heterocycles. The van der Waals surface area contributed by atoms with E-state index in [4.69, 9.17) is 10.00 Å². The summed E-state index contributed by atoms with van der Waals surface area (Å²) in [4.78, 5) is 23.5. The van der Waals surface area contributed by atoms with Crippen LogP contribution in [-0.4, -0.2) is 19.0 Å². The second kappa shape index (κ2) is 8.49. The molecule has 0 aliphatic carbocycles. The summed E-state index contributed by atoms with van der Waals surface area (Å²) in [6.07, 6.45) is 0.323. The lowest BCUT2D eigenvalue weighted by Crippen LogP contribution is -2.17. The molecule has 122 valence electrons. The van der Waals surface area contributed by atoms with Crippen LogP contribution in [0.25, 0.3) is 0 Å². The highest BCUT2D eigenvalue weighted by Gasteiger charge is 2.21. The van der Waals surface area contributed by atoms with Crippen LogP contribution in [0, 0.1) is 11.3 Å². The molecule has 0 bridgehead atoms. The predicted molar refractivity (Wildman–Crippen MR) is 90.2 cm³/mol. The highest BCUT2D eigenvalue weighted by Crippen LogP contribution is 2.23. The second-order valence-electron chi connectivity index (χ2n) is 5.27. The molecule has 0 aliphatic heterocycles. The number of rotatable bonds is 6. The first-order chi connectivity index (χ1) is 11.6. The number of nitrogens with zero attached hydrogens (tertiary/aromatic N) is 1. The molecular weight excluding hydrogens is 304 g/mol. The predicted octanol–water partition coefficient (Wildman–Crippen LogP) is 3.04. The standard InChI is InChI=1S/C19H18N2O3/c1-24-19(23)17(15-5-3-2-4-6-15)13-14-7-9-16(10-8-14)21-18(22)11-12-20/h2-10,17H,11,13H2,1H3,(H,21,22). The van der Waals surface area contributed by atoms with Gasteiger partial charge >= 0.3 is 5.97 Å². The molecule has 1 unspecified atom stereocenters. The summed E-state index contributed by atoms with van der Waals surface area (Å²) in [6.45, 7) is 0. The zero-order valence-electron chi connectivity index (χ0n) is 13.4. The molecule has 5 nitrogen and oxygen atoms in total. The largest absolute Gasteiger partial charge is 0.469 e. The van der Waals surface area contributed by atoms with E-state index in [1.165, 1.54) is 7.11 Å². The Morgan fingerprint density at radius 3 is 2.38 bits per heavy atom. The minimum atomic E-state index is -0.379. The number of ether oxygens (including phenoxy) is 1. The molecule has 0 aliphatic rings. The number of carbonyl (C=O) groups excluding carboxylic acids is 2. The molecule has 1 N–H and O–H groups in total. The van der Waals surface area contributed by atoms with E-state index < -0.39 is 0 Å². The normalized spacial score (nSPS) is 11.2. The van der Waals surface area contributed by atoms with Crippen LogP contribution in [-0.2, 0) is 20.7 Å². The summed E-state index contributed by atoms with van der Waals surface area (Å²) >= 11 is 0. The number of hydrogen-bond acceptors (Lipinski definition) is 4. The molecule has 2 aromatic rings. The van der Waals surface area contributed by atoms with E-state index >= 15 is 0 Å². The Labute approximate surface area is 140 Å². The van der Waals surface area contributed by atoms with Gasteiger partial charge in [-0.3, -0.25) is 9.59 Å². The van der Waals surface area contributed by atoms with E-state index in [1.54, 1.807) is 18.2 Å². The van der Waals surface area contributed by atoms with Gasteiger partial charge in [-0.2, -0.15) is 5.26 Å². The van der Waals surface area contributed by atoms with Crippen molar-refractivity contribution < 1.29 is 14.3 Å². The van der Waals surface area contributed by atoms with E-state index in [-0.39, 0.29) is 24.2 Å². The molecule has 0 heterocycles. The topological polar surface area (TPSA) is 79.2 Å². The molecule has 0 radical (unpaired) electrons. The molecule has 0 aromatic heterocycles. The average molecular weight is 322 g/mol. The van der Waals surface area contributed by atoms with Gasteiger partial charge in [-0.15, -0.1) is 0 Å². The smallest absolute Gasteiger partial charge is 0.313 e. The maximum atomic E-state index is 12.1. The fourth-order valence-electron chi connectivity index (χ4n) is 2.40. The van der Waals surface area contributed by atoms with Crippen LogP contribution in [0.2, 0.25) is 0 Å². The van der Waals surface area contributed by atoms with E-state index in [1.807, 2.05) is 42.5 Å². The van der Waals surface area contributed by atoms with Gasteiger partial charge in [-0.25, -0.2) is 0 Å². The lowest BCUT2D eigenvalue weighted by molar-refractivity contribution is -0.142. The molecule has 0 fully saturated rings. The average Bonchev–Trinajstić information content (AvgIpc) is 2.61. The van der Waals surface area contributed by atoms with Crippen molar-refractivity contribution in [2.45, 2.75) is 18.8 Å². The van der Waals surface area contributed by atoms with E-state index in [0.717, 1.165) is 11.1 Å². The zero-order chi connectivity index (χ0) is 17.4. The van der Waals surface area contributed by atoms with E-state index in [2.05, 4.69) is 5.32 Å². The number of nitrogens with one attached hydrogen (secondary N) is 1. The van der Waals surface area contributed by atoms with Gasteiger partial charge in [0.1, 0.15) is 6.42 Å². The van der Waals surface area contributed by atoms with E-state index in [0.29, 0.717) is 12.1 Å². The molecule has 5 heteroatoms. The molecule has 0 saturated carbocycles. The molecule has 1 atom stereocenters. The van der Waals surface area contributed by atoms with Crippen LogP contribution in [0.3, 0.4) is 0 Å². The Hall–Kier alpha value is -3.13. The SMILES string of the molecule is COC(=O)C(Cc1ccc(NC(=O)CC#N)cc1)c1ccccc1. The fraction of sp³-hybridized carbons (Fsp3) is 0.211. The Morgan fingerprint density at radius 2 is 1.79 bits per heavy atom. The van der Waals surface area contributed by atoms with Crippen LogP contribution in [0.5, 0.6) is 0 Å². The number of benzene rings is 2. The van der Waals surface area contributed by atoms with Gasteiger partial charge in [0.25, 0.3) is 0 Å². The van der Waals surface area contributed by atoms with Crippen molar-refractivity contribution in [3.05, 3.63) is 65.7 Å². The van der Waals surface area contributed by atoms with Gasteiger partial charge in [0.2, 0.25) is 5.91 Å². The number of anilines is 1. The molecule has 24 heavy (non-hydrogen) atoms. The zero-order valence-corrected chi connectivity index (χ0v) is 13.4. The maximum absolute atomic E-state index is 12.1. The van der Waals surface area contributed by atoms with Crippen molar-refractivity contribution in [1.29, 1.82) is 5.26 Å². The monoisotopic (exact) mass is 322 g/mol. The molecule has 2 aromatic carbocycles. The van der Waals surface area contributed by atoms with Crippen LogP contribution in [0.15, 0.2) is 54.6 Å². The summed E-state index contributed by atoms with van der Waals surface area (Å²) in [5.41, 5.74) is 2.47. The number of methoxy groups -OCH3 is 1. The first-order valence-corrected chi connectivity index (χ1v) is 7.52. The molecule has 2 rings (SSSR count). The molecule has 0 spiro atoms. The maximum Gasteiger partial charge on any atom is 0.313 e. The van der Waals surface area contributed by atoms with Crippen LogP contribution >= 0.6 is 0 Å². The highest BCUT2D eigenvalue weighted by atomic mass is 16.5. The lowest BCUT2D eigenvalue weighted by Gasteiger charge is -2.15. The summed E-state index contributed by atoms with van der Waals surface area (Å²) in [5.74, 6) is -1.01. The Morgan fingerprint density at radius 1 is 1.12 bits per heavy atom. The third-order valence-electron chi connectivity index (χ3n) is 3.60. The fourth-order valence-corrected chi connectivity index (χ4v) is 2.40. The Balaban J connectivity index is 2.11. The summed E-state index contributed by atoms with van der Waals surface area (Å²) in [7, 11) is 1.38. The van der Waals surface area contributed by atoms with Crippen molar-refractivity contribution in [3.63, 3.8) is 0 Å². The van der Waals surface area contributed by atoms with Crippen molar-refractivity contribution in [2.24, 2.45) is 0 Å². The van der Waals surface area contributed by atoms with Crippen LogP contribution in [0.4, 0.5) is 5.69 Å². The van der Waals surface area contributed by atoms with Crippen LogP contribution < -0.4 is 5.32 Å². The Kier molecular flexibility index (Phi) is 6.09. The number of nitriles is 1. The van der Waals surface area contributed by atoms with Gasteiger partial charge in [0, 0.05) is 5.69 Å². The van der Waals surface area contributed by atoms with E-state index in [9.17, 15) is 9.59 Å². The second-order valence-corrected chi connectivity index (χ2v) is 5.27. The van der Waals surface area contributed by atoms with Gasteiger partial charge in [-0.05, 0) is 29.7 Å². The number of hydrogen-bond donors (Lipinski definition) is 1. The quantitative estimate of drug-likeness (QED) is 0.829. The first-order valence-electron chi connectivity index (χ1n) is 7.52. The van der Waals surface area contributed by atoms with Crippen molar-refractivity contribution in [2.75, 3.05) is 12.4 Å². The van der Waals surface area contributed by atoms with Crippen molar-refractivity contribution in [3.8, 4) is 6.07 Å². The lowest BCUT2D eigenvalue weighted by atomic mass is 9.92. The third-order valence-corrected chi connectivity index (χ3v) is 3.60. The van der Waals surface area contributed by atoms with Crippen molar-refractivity contribution in [1.82, 2.24) is 0 Å². The first kappa shape index (κ1) is 17.2. The minimum Gasteiger partial charge on any atom is -0.469 e. The van der Waals surface area contributed by atoms with Crippen LogP contribution in [0.1, 0.15) is 23.5 Å².